The minimum atomic E-state index is -0.944. The van der Waals surface area contributed by atoms with Crippen LogP contribution >= 0.6 is 11.8 Å². The first kappa shape index (κ1) is 14.8. The number of hydrogen-bond acceptors (Lipinski definition) is 5. The molecule has 1 saturated carbocycles. The van der Waals surface area contributed by atoms with Crippen molar-refractivity contribution >= 4 is 17.7 Å². The predicted octanol–water partition coefficient (Wildman–Crippen LogP) is 1.29. The van der Waals surface area contributed by atoms with E-state index in [9.17, 15) is 15.0 Å². The van der Waals surface area contributed by atoms with Gasteiger partial charge in [0.15, 0.2) is 0 Å². The fraction of sp³-hybridized carbons (Fsp3) is 0.600. The molecule has 2 aliphatic heterocycles. The van der Waals surface area contributed by atoms with Crippen LogP contribution in [0.15, 0.2) is 23.4 Å². The average molecular weight is 308 g/mol. The Labute approximate surface area is 128 Å². The van der Waals surface area contributed by atoms with Gasteiger partial charge in [-0.3, -0.25) is 4.79 Å². The van der Waals surface area contributed by atoms with Gasteiger partial charge in [0.05, 0.1) is 23.8 Å². The van der Waals surface area contributed by atoms with Gasteiger partial charge in [0.25, 0.3) is 5.91 Å². The SMILES string of the molecule is CSc1ncccc1C(=O)N1C2CCC(O)(CC2)C1CO. The Balaban J connectivity index is 1.96. The number of hydrogen-bond donors (Lipinski definition) is 2. The van der Waals surface area contributed by atoms with Gasteiger partial charge in [-0.2, -0.15) is 0 Å². The van der Waals surface area contributed by atoms with Crippen molar-refractivity contribution in [3.63, 3.8) is 0 Å². The second-order valence-corrected chi connectivity index (χ2v) is 6.60. The molecule has 3 aliphatic rings. The molecule has 2 bridgehead atoms. The maximum absolute atomic E-state index is 12.9. The molecule has 1 unspecified atom stereocenters. The largest absolute Gasteiger partial charge is 0.394 e. The summed E-state index contributed by atoms with van der Waals surface area (Å²) in [5.41, 5.74) is -0.388. The third kappa shape index (κ3) is 2.35. The first-order chi connectivity index (χ1) is 10.1. The van der Waals surface area contributed by atoms with Crippen molar-refractivity contribution in [2.24, 2.45) is 0 Å². The molecular formula is C15H20N2O3S. The maximum Gasteiger partial charge on any atom is 0.257 e. The van der Waals surface area contributed by atoms with Gasteiger partial charge in [0.1, 0.15) is 5.03 Å². The van der Waals surface area contributed by atoms with E-state index in [2.05, 4.69) is 4.98 Å². The van der Waals surface area contributed by atoms with E-state index in [1.165, 1.54) is 11.8 Å². The summed E-state index contributed by atoms with van der Waals surface area (Å²) in [6.45, 7) is -0.201. The molecule has 1 atom stereocenters. The lowest BCUT2D eigenvalue weighted by Gasteiger charge is -2.55. The number of carbonyl (C=O) groups excluding carboxylic acids is 1. The Morgan fingerprint density at radius 1 is 1.52 bits per heavy atom. The van der Waals surface area contributed by atoms with E-state index in [4.69, 9.17) is 0 Å². The molecule has 1 aromatic rings. The van der Waals surface area contributed by atoms with E-state index in [0.29, 0.717) is 23.4 Å². The Morgan fingerprint density at radius 2 is 2.24 bits per heavy atom. The van der Waals surface area contributed by atoms with Gasteiger partial charge in [0.2, 0.25) is 0 Å². The Kier molecular flexibility index (Phi) is 3.94. The van der Waals surface area contributed by atoms with E-state index < -0.39 is 11.6 Å². The van der Waals surface area contributed by atoms with Gasteiger partial charge < -0.3 is 15.1 Å². The smallest absolute Gasteiger partial charge is 0.257 e. The standard InChI is InChI=1S/C15H20N2O3S/c1-21-13-11(3-2-8-16-13)14(19)17-10-4-6-15(20,7-5-10)12(17)9-18/h2-3,8,10,12,18,20H,4-7,9H2,1H3. The van der Waals surface area contributed by atoms with Gasteiger partial charge in [-0.25, -0.2) is 4.98 Å². The zero-order valence-corrected chi connectivity index (χ0v) is 12.8. The number of nitrogens with zero attached hydrogens (tertiary/aromatic N) is 2. The number of rotatable bonds is 3. The van der Waals surface area contributed by atoms with E-state index in [0.717, 1.165) is 12.8 Å². The van der Waals surface area contributed by atoms with Crippen LogP contribution in [0.5, 0.6) is 0 Å². The van der Waals surface area contributed by atoms with Crippen molar-refractivity contribution in [2.45, 2.75) is 48.4 Å². The molecule has 3 fully saturated rings. The van der Waals surface area contributed by atoms with E-state index in [1.807, 2.05) is 6.26 Å². The van der Waals surface area contributed by atoms with E-state index >= 15 is 0 Å². The monoisotopic (exact) mass is 308 g/mol. The van der Waals surface area contributed by atoms with Crippen LogP contribution in [0, 0.1) is 0 Å². The highest BCUT2D eigenvalue weighted by molar-refractivity contribution is 7.98. The minimum Gasteiger partial charge on any atom is -0.394 e. The molecule has 0 spiro atoms. The van der Waals surface area contributed by atoms with Crippen molar-refractivity contribution < 1.29 is 15.0 Å². The number of aromatic nitrogens is 1. The first-order valence-corrected chi connectivity index (χ1v) is 8.48. The van der Waals surface area contributed by atoms with Crippen LogP contribution in [0.25, 0.3) is 0 Å². The second kappa shape index (κ2) is 5.59. The second-order valence-electron chi connectivity index (χ2n) is 5.81. The van der Waals surface area contributed by atoms with Crippen LogP contribution in [0.4, 0.5) is 0 Å². The van der Waals surface area contributed by atoms with E-state index in [1.54, 1.807) is 23.2 Å². The quantitative estimate of drug-likeness (QED) is 0.823. The van der Waals surface area contributed by atoms with Gasteiger partial charge in [-0.1, -0.05) is 0 Å². The number of carbonyl (C=O) groups is 1. The third-order valence-electron chi connectivity index (χ3n) is 4.77. The highest BCUT2D eigenvalue weighted by atomic mass is 32.2. The number of amides is 1. The predicted molar refractivity (Wildman–Crippen MR) is 80.3 cm³/mol. The fourth-order valence-electron chi connectivity index (χ4n) is 3.65. The molecule has 21 heavy (non-hydrogen) atoms. The van der Waals surface area contributed by atoms with Crippen LogP contribution in [-0.2, 0) is 0 Å². The molecule has 3 heterocycles. The van der Waals surface area contributed by atoms with E-state index in [-0.39, 0.29) is 18.6 Å². The van der Waals surface area contributed by atoms with Gasteiger partial charge >= 0.3 is 0 Å². The Hall–Kier alpha value is -1.11. The number of pyridine rings is 1. The van der Waals surface area contributed by atoms with Crippen LogP contribution in [0.2, 0.25) is 0 Å². The molecule has 1 amide bonds. The van der Waals surface area contributed by atoms with Crippen molar-refractivity contribution in [2.75, 3.05) is 12.9 Å². The summed E-state index contributed by atoms with van der Waals surface area (Å²) in [6, 6.07) is 3.12. The molecule has 5 nitrogen and oxygen atoms in total. The number of thioether (sulfide) groups is 1. The molecular weight excluding hydrogens is 288 g/mol. The van der Waals surface area contributed by atoms with Gasteiger partial charge in [-0.05, 0) is 44.1 Å². The molecule has 6 heteroatoms. The zero-order valence-electron chi connectivity index (χ0n) is 12.0. The summed E-state index contributed by atoms with van der Waals surface area (Å²) in [5, 5.41) is 21.1. The summed E-state index contributed by atoms with van der Waals surface area (Å²) in [7, 11) is 0. The highest BCUT2D eigenvalue weighted by Crippen LogP contribution is 2.43. The lowest BCUT2D eigenvalue weighted by molar-refractivity contribution is -0.140. The highest BCUT2D eigenvalue weighted by Gasteiger charge is 2.52. The van der Waals surface area contributed by atoms with Crippen molar-refractivity contribution in [3.8, 4) is 0 Å². The third-order valence-corrected chi connectivity index (χ3v) is 5.48. The minimum absolute atomic E-state index is 0.110. The summed E-state index contributed by atoms with van der Waals surface area (Å²) in [5.74, 6) is -0.130. The lowest BCUT2D eigenvalue weighted by atomic mass is 9.71. The zero-order chi connectivity index (χ0) is 15.0. The van der Waals surface area contributed by atoms with Crippen LogP contribution in [0.1, 0.15) is 36.0 Å². The number of aliphatic hydroxyl groups excluding tert-OH is 1. The first-order valence-electron chi connectivity index (χ1n) is 7.25. The number of fused-ring (bicyclic) bond motifs is 3. The van der Waals surface area contributed by atoms with Crippen molar-refractivity contribution in [1.82, 2.24) is 9.88 Å². The Morgan fingerprint density at radius 3 is 2.86 bits per heavy atom. The van der Waals surface area contributed by atoms with Crippen molar-refractivity contribution in [3.05, 3.63) is 23.9 Å². The molecule has 1 aliphatic carbocycles. The molecule has 2 saturated heterocycles. The summed E-state index contributed by atoms with van der Waals surface area (Å²) >= 11 is 1.43. The molecule has 0 aromatic carbocycles. The summed E-state index contributed by atoms with van der Waals surface area (Å²) in [6.07, 6.45) is 6.48. The van der Waals surface area contributed by atoms with Crippen LogP contribution < -0.4 is 0 Å². The Bertz CT molecular complexity index is 543. The van der Waals surface area contributed by atoms with Crippen LogP contribution in [-0.4, -0.2) is 56.6 Å². The topological polar surface area (TPSA) is 73.7 Å². The van der Waals surface area contributed by atoms with Gasteiger partial charge in [-0.15, -0.1) is 11.8 Å². The van der Waals surface area contributed by atoms with Crippen molar-refractivity contribution in [1.29, 1.82) is 0 Å². The molecule has 4 rings (SSSR count). The summed E-state index contributed by atoms with van der Waals surface area (Å²) < 4.78 is 0. The summed E-state index contributed by atoms with van der Waals surface area (Å²) in [4.78, 5) is 18.9. The normalized spacial score (nSPS) is 31.5. The van der Waals surface area contributed by atoms with Crippen LogP contribution in [0.3, 0.4) is 0 Å². The molecule has 0 radical (unpaired) electrons. The lowest BCUT2D eigenvalue weighted by Crippen LogP contribution is -2.67. The molecule has 1 aromatic heterocycles. The average Bonchev–Trinajstić information content (AvgIpc) is 2.53. The number of aliphatic hydroxyl groups is 2. The number of piperidine rings is 2. The fourth-order valence-corrected chi connectivity index (χ4v) is 4.19. The molecule has 114 valence electrons. The van der Waals surface area contributed by atoms with Gasteiger partial charge in [0, 0.05) is 12.2 Å². The molecule has 2 N–H and O–H groups in total. The maximum atomic E-state index is 12.9.